The zero-order chi connectivity index (χ0) is 14.0. The van der Waals surface area contributed by atoms with Crippen LogP contribution in [0.3, 0.4) is 0 Å². The van der Waals surface area contributed by atoms with E-state index < -0.39 is 11.7 Å². The Morgan fingerprint density at radius 2 is 2.05 bits per heavy atom. The van der Waals surface area contributed by atoms with Crippen LogP contribution in [0.4, 0.5) is 15.9 Å². The minimum absolute atomic E-state index is 0.00339. The summed E-state index contributed by atoms with van der Waals surface area (Å²) in [6.07, 6.45) is 0.975. The van der Waals surface area contributed by atoms with Crippen molar-refractivity contribution in [2.24, 2.45) is 0 Å². The van der Waals surface area contributed by atoms with Crippen molar-refractivity contribution in [3.05, 3.63) is 53.0 Å². The van der Waals surface area contributed by atoms with Gasteiger partial charge in [-0.25, -0.2) is 9.37 Å². The van der Waals surface area contributed by atoms with Crippen molar-refractivity contribution in [2.45, 2.75) is 13.8 Å². The van der Waals surface area contributed by atoms with E-state index in [2.05, 4.69) is 10.3 Å². The maximum Gasteiger partial charge on any atom is 0.259 e. The van der Waals surface area contributed by atoms with Crippen molar-refractivity contribution < 1.29 is 9.18 Å². The molecule has 1 amide bonds. The van der Waals surface area contributed by atoms with E-state index in [1.54, 1.807) is 6.07 Å². The molecule has 0 spiro atoms. The number of nitrogens with zero attached hydrogens (tertiary/aromatic N) is 1. The fourth-order valence-corrected chi connectivity index (χ4v) is 1.78. The number of rotatable bonds is 2. The van der Waals surface area contributed by atoms with Gasteiger partial charge in [0.1, 0.15) is 11.6 Å². The Kier molecular flexibility index (Phi) is 3.46. The number of nitrogen functional groups attached to an aromatic ring is 1. The van der Waals surface area contributed by atoms with E-state index in [0.29, 0.717) is 5.69 Å². The van der Waals surface area contributed by atoms with Gasteiger partial charge in [0.2, 0.25) is 0 Å². The van der Waals surface area contributed by atoms with Crippen LogP contribution in [0.5, 0.6) is 0 Å². The quantitative estimate of drug-likeness (QED) is 0.871. The molecule has 0 unspecified atom stereocenters. The average molecular weight is 259 g/mol. The van der Waals surface area contributed by atoms with Crippen molar-refractivity contribution in [1.29, 1.82) is 0 Å². The zero-order valence-corrected chi connectivity index (χ0v) is 10.7. The van der Waals surface area contributed by atoms with Gasteiger partial charge >= 0.3 is 0 Å². The number of benzene rings is 1. The number of pyridine rings is 1. The van der Waals surface area contributed by atoms with Gasteiger partial charge in [-0.05, 0) is 31.5 Å². The number of halogens is 1. The highest BCUT2D eigenvalue weighted by Gasteiger charge is 2.13. The molecule has 4 nitrogen and oxygen atoms in total. The van der Waals surface area contributed by atoms with Crippen molar-refractivity contribution in [1.82, 2.24) is 4.98 Å². The molecule has 0 aliphatic heterocycles. The van der Waals surface area contributed by atoms with Crippen molar-refractivity contribution in [3.8, 4) is 0 Å². The van der Waals surface area contributed by atoms with Crippen LogP contribution in [0.25, 0.3) is 0 Å². The molecule has 0 aliphatic carbocycles. The van der Waals surface area contributed by atoms with Crippen LogP contribution in [0.15, 0.2) is 30.5 Å². The molecule has 0 saturated carbocycles. The summed E-state index contributed by atoms with van der Waals surface area (Å²) < 4.78 is 13.1. The third-order valence-corrected chi connectivity index (χ3v) is 2.76. The van der Waals surface area contributed by atoms with E-state index in [1.165, 1.54) is 0 Å². The molecule has 19 heavy (non-hydrogen) atoms. The second-order valence-corrected chi connectivity index (χ2v) is 4.36. The van der Waals surface area contributed by atoms with Gasteiger partial charge in [0.15, 0.2) is 0 Å². The maximum absolute atomic E-state index is 13.1. The van der Waals surface area contributed by atoms with Crippen LogP contribution in [0.1, 0.15) is 21.5 Å². The van der Waals surface area contributed by atoms with Crippen molar-refractivity contribution >= 4 is 17.4 Å². The smallest absolute Gasteiger partial charge is 0.259 e. The third kappa shape index (κ3) is 2.88. The molecule has 0 atom stereocenters. The number of amides is 1. The Morgan fingerprint density at radius 1 is 1.32 bits per heavy atom. The first-order valence-corrected chi connectivity index (χ1v) is 5.77. The van der Waals surface area contributed by atoms with Gasteiger partial charge < -0.3 is 11.1 Å². The molecule has 2 rings (SSSR count). The summed E-state index contributed by atoms with van der Waals surface area (Å²) in [4.78, 5) is 15.6. The number of nitrogens with one attached hydrogen (secondary N) is 1. The Hall–Kier alpha value is -2.43. The molecule has 0 fully saturated rings. The molecule has 0 radical (unpaired) electrons. The highest BCUT2D eigenvalue weighted by molar-refractivity contribution is 6.07. The fourth-order valence-electron chi connectivity index (χ4n) is 1.78. The van der Waals surface area contributed by atoms with Crippen LogP contribution in [0, 0.1) is 19.7 Å². The van der Waals surface area contributed by atoms with E-state index in [1.807, 2.05) is 26.0 Å². The number of aryl methyl sites for hydroxylation is 2. The molecule has 0 aliphatic rings. The minimum Gasteiger partial charge on any atom is -0.383 e. The number of aromatic nitrogens is 1. The zero-order valence-electron chi connectivity index (χ0n) is 10.7. The molecular formula is C14H14FN3O. The molecule has 0 bridgehead atoms. The first-order chi connectivity index (χ1) is 8.97. The second kappa shape index (κ2) is 5.06. The summed E-state index contributed by atoms with van der Waals surface area (Å²) in [6.45, 7) is 3.85. The lowest BCUT2D eigenvalue weighted by molar-refractivity contribution is 0.102. The average Bonchev–Trinajstić information content (AvgIpc) is 2.35. The van der Waals surface area contributed by atoms with Gasteiger partial charge in [0.05, 0.1) is 11.8 Å². The minimum atomic E-state index is -0.597. The molecule has 0 saturated heterocycles. The van der Waals surface area contributed by atoms with Crippen molar-refractivity contribution in [2.75, 3.05) is 11.1 Å². The largest absolute Gasteiger partial charge is 0.383 e. The van der Waals surface area contributed by atoms with Crippen LogP contribution in [-0.2, 0) is 0 Å². The number of hydrogen-bond donors (Lipinski definition) is 2. The SMILES string of the molecule is Cc1ccc(NC(=O)c2cc(F)cnc2N)c(C)c1. The molecule has 98 valence electrons. The van der Waals surface area contributed by atoms with Crippen LogP contribution in [0.2, 0.25) is 0 Å². The first kappa shape index (κ1) is 13.0. The molecule has 1 heterocycles. The van der Waals surface area contributed by atoms with Crippen LogP contribution in [-0.4, -0.2) is 10.9 Å². The number of hydrogen-bond acceptors (Lipinski definition) is 3. The van der Waals surface area contributed by atoms with Crippen LogP contribution >= 0.6 is 0 Å². The molecular weight excluding hydrogens is 245 g/mol. The van der Waals surface area contributed by atoms with Gasteiger partial charge in [-0.2, -0.15) is 0 Å². The number of carbonyl (C=O) groups is 1. The number of nitrogens with two attached hydrogens (primary N) is 1. The molecule has 1 aromatic carbocycles. The highest BCUT2D eigenvalue weighted by Crippen LogP contribution is 2.18. The van der Waals surface area contributed by atoms with Gasteiger partial charge in [0.25, 0.3) is 5.91 Å². The third-order valence-electron chi connectivity index (χ3n) is 2.76. The lowest BCUT2D eigenvalue weighted by Crippen LogP contribution is -2.16. The van der Waals surface area contributed by atoms with Gasteiger partial charge in [-0.1, -0.05) is 17.7 Å². The predicted molar refractivity (Wildman–Crippen MR) is 72.5 cm³/mol. The normalized spacial score (nSPS) is 10.3. The Bertz CT molecular complexity index is 641. The predicted octanol–water partition coefficient (Wildman–Crippen LogP) is 2.67. The van der Waals surface area contributed by atoms with E-state index in [0.717, 1.165) is 23.4 Å². The number of carbonyl (C=O) groups excluding carboxylic acids is 1. The van der Waals surface area contributed by atoms with Crippen LogP contribution < -0.4 is 11.1 Å². The summed E-state index contributed by atoms with van der Waals surface area (Å²) in [5.74, 6) is -1.07. The lowest BCUT2D eigenvalue weighted by atomic mass is 10.1. The summed E-state index contributed by atoms with van der Waals surface area (Å²) in [7, 11) is 0. The molecule has 1 aromatic heterocycles. The first-order valence-electron chi connectivity index (χ1n) is 5.77. The summed E-state index contributed by atoms with van der Waals surface area (Å²) in [6, 6.07) is 6.70. The maximum atomic E-state index is 13.1. The molecule has 2 aromatic rings. The van der Waals surface area contributed by atoms with E-state index >= 15 is 0 Å². The van der Waals surface area contributed by atoms with E-state index in [-0.39, 0.29) is 11.4 Å². The fraction of sp³-hybridized carbons (Fsp3) is 0.143. The Morgan fingerprint density at radius 3 is 2.74 bits per heavy atom. The monoisotopic (exact) mass is 259 g/mol. The Labute approximate surface area is 110 Å². The summed E-state index contributed by atoms with van der Waals surface area (Å²) in [5.41, 5.74) is 8.29. The Balaban J connectivity index is 2.28. The van der Waals surface area contributed by atoms with Crippen molar-refractivity contribution in [3.63, 3.8) is 0 Å². The topological polar surface area (TPSA) is 68.0 Å². The van der Waals surface area contributed by atoms with Gasteiger partial charge in [0, 0.05) is 5.69 Å². The molecule has 3 N–H and O–H groups in total. The molecule has 5 heteroatoms. The summed E-state index contributed by atoms with van der Waals surface area (Å²) >= 11 is 0. The van der Waals surface area contributed by atoms with Gasteiger partial charge in [-0.15, -0.1) is 0 Å². The second-order valence-electron chi connectivity index (χ2n) is 4.36. The standard InChI is InChI=1S/C14H14FN3O/c1-8-3-4-12(9(2)5-8)18-14(19)11-6-10(15)7-17-13(11)16/h3-7H,1-2H3,(H2,16,17)(H,18,19). The van der Waals surface area contributed by atoms with E-state index in [4.69, 9.17) is 5.73 Å². The lowest BCUT2D eigenvalue weighted by Gasteiger charge is -2.10. The van der Waals surface area contributed by atoms with E-state index in [9.17, 15) is 9.18 Å². The highest BCUT2D eigenvalue weighted by atomic mass is 19.1. The summed E-state index contributed by atoms with van der Waals surface area (Å²) in [5, 5.41) is 2.70. The number of anilines is 2. The van der Waals surface area contributed by atoms with Gasteiger partial charge in [-0.3, -0.25) is 4.79 Å².